The summed E-state index contributed by atoms with van der Waals surface area (Å²) in [5.41, 5.74) is 2.00. The SMILES string of the molecule is CN(C)c1ccc(C(=O)NC2(N3C(=O)C[C@H]3c3ccc4c(c3)OCO4)CCCCC2)cc1. The van der Waals surface area contributed by atoms with Crippen LogP contribution in [0, 0.1) is 0 Å². The zero-order valence-corrected chi connectivity index (χ0v) is 18.6. The molecule has 2 heterocycles. The minimum atomic E-state index is -0.661. The minimum Gasteiger partial charge on any atom is -0.454 e. The van der Waals surface area contributed by atoms with Gasteiger partial charge in [-0.25, -0.2) is 0 Å². The summed E-state index contributed by atoms with van der Waals surface area (Å²) in [6, 6.07) is 13.3. The lowest BCUT2D eigenvalue weighted by atomic mass is 9.81. The Labute approximate surface area is 188 Å². The molecule has 1 saturated carbocycles. The van der Waals surface area contributed by atoms with Crippen LogP contribution in [0.25, 0.3) is 0 Å². The van der Waals surface area contributed by atoms with Crippen LogP contribution in [0.5, 0.6) is 11.5 Å². The predicted molar refractivity (Wildman–Crippen MR) is 121 cm³/mol. The van der Waals surface area contributed by atoms with Crippen LogP contribution in [0.2, 0.25) is 0 Å². The molecule has 0 spiro atoms. The van der Waals surface area contributed by atoms with Crippen molar-refractivity contribution in [1.29, 1.82) is 0 Å². The normalized spacial score (nSPS) is 21.1. The number of likely N-dealkylation sites (tertiary alicyclic amines) is 1. The second-order valence-electron chi connectivity index (χ2n) is 9.08. The summed E-state index contributed by atoms with van der Waals surface area (Å²) in [5, 5.41) is 3.28. The number of benzene rings is 2. The van der Waals surface area contributed by atoms with Gasteiger partial charge in [-0.05, 0) is 67.6 Å². The molecule has 1 atom stereocenters. The molecular weight excluding hydrogens is 406 g/mol. The Balaban J connectivity index is 1.41. The Morgan fingerprint density at radius 2 is 1.75 bits per heavy atom. The summed E-state index contributed by atoms with van der Waals surface area (Å²) in [5.74, 6) is 1.39. The minimum absolute atomic E-state index is 0.0773. The van der Waals surface area contributed by atoms with Crippen LogP contribution in [0.15, 0.2) is 42.5 Å². The van der Waals surface area contributed by atoms with Crippen molar-refractivity contribution in [3.8, 4) is 11.5 Å². The number of anilines is 1. The zero-order valence-electron chi connectivity index (χ0n) is 18.6. The van der Waals surface area contributed by atoms with Gasteiger partial charge in [0.05, 0.1) is 12.5 Å². The van der Waals surface area contributed by atoms with Gasteiger partial charge in [0.1, 0.15) is 5.66 Å². The number of β-lactam (4-membered cyclic amide) rings is 1. The molecule has 2 aromatic rings. The van der Waals surface area contributed by atoms with Crippen molar-refractivity contribution in [3.63, 3.8) is 0 Å². The highest BCUT2D eigenvalue weighted by molar-refractivity contribution is 5.95. The molecule has 3 aliphatic rings. The number of carbonyl (C=O) groups excluding carboxylic acids is 2. The molecule has 0 aromatic heterocycles. The van der Waals surface area contributed by atoms with Gasteiger partial charge >= 0.3 is 0 Å². The van der Waals surface area contributed by atoms with Crippen LogP contribution >= 0.6 is 0 Å². The highest BCUT2D eigenvalue weighted by atomic mass is 16.7. The number of carbonyl (C=O) groups is 2. The highest BCUT2D eigenvalue weighted by Crippen LogP contribution is 2.47. The third kappa shape index (κ3) is 3.55. The Hall–Kier alpha value is -3.22. The fourth-order valence-corrected chi connectivity index (χ4v) is 5.10. The lowest BCUT2D eigenvalue weighted by Gasteiger charge is -2.55. The zero-order chi connectivity index (χ0) is 22.3. The molecule has 168 valence electrons. The Morgan fingerprint density at radius 1 is 1.03 bits per heavy atom. The van der Waals surface area contributed by atoms with E-state index in [0.717, 1.165) is 49.1 Å². The van der Waals surface area contributed by atoms with Gasteiger partial charge in [0.25, 0.3) is 5.91 Å². The lowest BCUT2D eigenvalue weighted by Crippen LogP contribution is -2.68. The van der Waals surface area contributed by atoms with Crippen LogP contribution < -0.4 is 19.7 Å². The Kier molecular flexibility index (Phi) is 5.19. The number of hydrogen-bond donors (Lipinski definition) is 1. The molecule has 2 aliphatic heterocycles. The number of hydrogen-bond acceptors (Lipinski definition) is 5. The van der Waals surface area contributed by atoms with E-state index in [1.807, 2.05) is 66.4 Å². The first-order chi connectivity index (χ1) is 15.5. The summed E-state index contributed by atoms with van der Waals surface area (Å²) < 4.78 is 11.0. The fourth-order valence-electron chi connectivity index (χ4n) is 5.10. The van der Waals surface area contributed by atoms with Crippen LogP contribution in [-0.4, -0.2) is 43.3 Å². The van der Waals surface area contributed by atoms with Crippen molar-refractivity contribution >= 4 is 17.5 Å². The molecular formula is C25H29N3O4. The van der Waals surface area contributed by atoms with Crippen LogP contribution in [0.4, 0.5) is 5.69 Å². The van der Waals surface area contributed by atoms with E-state index in [-0.39, 0.29) is 24.6 Å². The van der Waals surface area contributed by atoms with Crippen molar-refractivity contribution in [2.45, 2.75) is 50.2 Å². The van der Waals surface area contributed by atoms with Gasteiger partial charge in [0.2, 0.25) is 12.7 Å². The first-order valence-corrected chi connectivity index (χ1v) is 11.3. The van der Waals surface area contributed by atoms with Crippen molar-refractivity contribution in [3.05, 3.63) is 53.6 Å². The number of ether oxygens (including phenoxy) is 2. The van der Waals surface area contributed by atoms with E-state index in [9.17, 15) is 9.59 Å². The third-order valence-corrected chi connectivity index (χ3v) is 6.86. The second-order valence-corrected chi connectivity index (χ2v) is 9.08. The van der Waals surface area contributed by atoms with E-state index in [1.165, 1.54) is 0 Å². The highest BCUT2D eigenvalue weighted by Gasteiger charge is 2.51. The maximum atomic E-state index is 13.2. The van der Waals surface area contributed by atoms with E-state index in [1.54, 1.807) is 0 Å². The molecule has 2 fully saturated rings. The van der Waals surface area contributed by atoms with Gasteiger partial charge < -0.3 is 24.6 Å². The molecule has 32 heavy (non-hydrogen) atoms. The van der Waals surface area contributed by atoms with Crippen molar-refractivity contribution < 1.29 is 19.1 Å². The largest absolute Gasteiger partial charge is 0.454 e. The van der Waals surface area contributed by atoms with E-state index in [4.69, 9.17) is 9.47 Å². The van der Waals surface area contributed by atoms with Crippen molar-refractivity contribution in [2.24, 2.45) is 0 Å². The summed E-state index contributed by atoms with van der Waals surface area (Å²) in [4.78, 5) is 30.1. The number of nitrogens with one attached hydrogen (secondary N) is 1. The number of fused-ring (bicyclic) bond motifs is 1. The number of rotatable bonds is 5. The Bertz CT molecular complexity index is 1030. The van der Waals surface area contributed by atoms with Gasteiger partial charge in [-0.3, -0.25) is 9.59 Å². The van der Waals surface area contributed by atoms with Crippen LogP contribution in [0.3, 0.4) is 0 Å². The number of nitrogens with zero attached hydrogens (tertiary/aromatic N) is 2. The number of amides is 2. The van der Waals surface area contributed by atoms with Crippen LogP contribution in [0.1, 0.15) is 60.5 Å². The first kappa shape index (κ1) is 20.7. The maximum Gasteiger partial charge on any atom is 0.253 e. The molecule has 0 bridgehead atoms. The topological polar surface area (TPSA) is 71.1 Å². The van der Waals surface area contributed by atoms with E-state index < -0.39 is 5.66 Å². The molecule has 7 nitrogen and oxygen atoms in total. The lowest BCUT2D eigenvalue weighted by molar-refractivity contribution is -0.162. The molecule has 0 unspecified atom stereocenters. The average molecular weight is 436 g/mol. The van der Waals surface area contributed by atoms with Gasteiger partial charge in [-0.2, -0.15) is 0 Å². The maximum absolute atomic E-state index is 13.2. The molecule has 2 aromatic carbocycles. The van der Waals surface area contributed by atoms with E-state index in [0.29, 0.717) is 17.7 Å². The molecule has 5 rings (SSSR count). The summed E-state index contributed by atoms with van der Waals surface area (Å²) in [6.45, 7) is 0.221. The van der Waals surface area contributed by atoms with Crippen molar-refractivity contribution in [1.82, 2.24) is 10.2 Å². The van der Waals surface area contributed by atoms with Gasteiger partial charge in [-0.15, -0.1) is 0 Å². The summed E-state index contributed by atoms with van der Waals surface area (Å²) in [6.07, 6.45) is 5.05. The van der Waals surface area contributed by atoms with E-state index in [2.05, 4.69) is 5.32 Å². The summed E-state index contributed by atoms with van der Waals surface area (Å²) >= 11 is 0. The van der Waals surface area contributed by atoms with Gasteiger partial charge in [-0.1, -0.05) is 12.5 Å². The summed E-state index contributed by atoms with van der Waals surface area (Å²) in [7, 11) is 3.94. The quantitative estimate of drug-likeness (QED) is 0.723. The van der Waals surface area contributed by atoms with Crippen molar-refractivity contribution in [2.75, 3.05) is 25.8 Å². The molecule has 1 saturated heterocycles. The third-order valence-electron chi connectivity index (χ3n) is 6.86. The van der Waals surface area contributed by atoms with E-state index >= 15 is 0 Å². The molecule has 7 heteroatoms. The smallest absolute Gasteiger partial charge is 0.253 e. The fraction of sp³-hybridized carbons (Fsp3) is 0.440. The molecule has 2 amide bonds. The van der Waals surface area contributed by atoms with Gasteiger partial charge in [0.15, 0.2) is 11.5 Å². The Morgan fingerprint density at radius 3 is 2.44 bits per heavy atom. The molecule has 1 N–H and O–H groups in total. The molecule has 0 radical (unpaired) electrons. The molecule has 1 aliphatic carbocycles. The van der Waals surface area contributed by atoms with Crippen LogP contribution in [-0.2, 0) is 4.79 Å². The van der Waals surface area contributed by atoms with Gasteiger partial charge in [0, 0.05) is 25.3 Å². The monoisotopic (exact) mass is 435 g/mol. The first-order valence-electron chi connectivity index (χ1n) is 11.3. The standard InChI is InChI=1S/C25H29N3O4/c1-27(2)19-9-6-17(7-10-19)24(30)26-25(12-4-3-5-13-25)28-20(15-23(28)29)18-8-11-21-22(14-18)32-16-31-21/h6-11,14,20H,3-5,12-13,15-16H2,1-2H3,(H,26,30)/t20-/m0/s1. The second kappa shape index (κ2) is 8.04. The average Bonchev–Trinajstić information content (AvgIpc) is 3.25. The predicted octanol–water partition coefficient (Wildman–Crippen LogP) is 3.85.